The molecule has 0 spiro atoms. The summed E-state index contributed by atoms with van der Waals surface area (Å²) in [7, 11) is 1.52. The van der Waals surface area contributed by atoms with E-state index in [0.29, 0.717) is 34.5 Å². The maximum Gasteiger partial charge on any atom is 0.271 e. The molecule has 0 bridgehead atoms. The van der Waals surface area contributed by atoms with Crippen LogP contribution in [0, 0.1) is 0 Å². The van der Waals surface area contributed by atoms with Crippen molar-refractivity contribution < 1.29 is 9.59 Å². The number of nitrogens with zero attached hydrogens (tertiary/aromatic N) is 3. The standard InChI is InChI=1S/C16H15Cl2N5O2/c1-19-15(24)12-4-5-14(22-21-12)20-13-6-7-23(16(13)25)9-2-3-10(17)11(18)8-9/h2-5,8,13H,6-7H2,1H3,(H,19,24)(H,20,22). The predicted molar refractivity (Wildman–Crippen MR) is 96.3 cm³/mol. The van der Waals surface area contributed by atoms with Crippen LogP contribution in [-0.4, -0.2) is 41.6 Å². The highest BCUT2D eigenvalue weighted by Gasteiger charge is 2.33. The van der Waals surface area contributed by atoms with Gasteiger partial charge in [0.15, 0.2) is 5.69 Å². The maximum atomic E-state index is 12.6. The summed E-state index contributed by atoms with van der Waals surface area (Å²) in [6.45, 7) is 0.554. The van der Waals surface area contributed by atoms with Gasteiger partial charge in [-0.05, 0) is 36.8 Å². The van der Waals surface area contributed by atoms with Crippen LogP contribution in [-0.2, 0) is 4.79 Å². The van der Waals surface area contributed by atoms with Crippen molar-refractivity contribution in [3.05, 3.63) is 46.1 Å². The quantitative estimate of drug-likeness (QED) is 0.851. The van der Waals surface area contributed by atoms with E-state index in [1.807, 2.05) is 0 Å². The Labute approximate surface area is 154 Å². The number of hydrogen-bond acceptors (Lipinski definition) is 5. The summed E-state index contributed by atoms with van der Waals surface area (Å²) in [5.74, 6) is 0.0272. The Morgan fingerprint density at radius 3 is 2.64 bits per heavy atom. The van der Waals surface area contributed by atoms with E-state index in [1.54, 1.807) is 35.2 Å². The van der Waals surface area contributed by atoms with Gasteiger partial charge >= 0.3 is 0 Å². The van der Waals surface area contributed by atoms with Crippen molar-refractivity contribution in [1.29, 1.82) is 0 Å². The third-order valence-electron chi connectivity index (χ3n) is 3.87. The summed E-state index contributed by atoms with van der Waals surface area (Å²) in [6, 6.07) is 7.83. The van der Waals surface area contributed by atoms with Crippen LogP contribution >= 0.6 is 23.2 Å². The van der Waals surface area contributed by atoms with Gasteiger partial charge in [-0.2, -0.15) is 0 Å². The first-order valence-electron chi connectivity index (χ1n) is 7.58. The molecule has 0 radical (unpaired) electrons. The molecule has 1 fully saturated rings. The first-order valence-corrected chi connectivity index (χ1v) is 8.34. The van der Waals surface area contributed by atoms with Crippen molar-refractivity contribution in [3.63, 3.8) is 0 Å². The summed E-state index contributed by atoms with van der Waals surface area (Å²) < 4.78 is 0. The average Bonchev–Trinajstić information content (AvgIpc) is 2.98. The maximum absolute atomic E-state index is 12.6. The molecule has 3 rings (SSSR count). The number of anilines is 2. The van der Waals surface area contributed by atoms with Crippen LogP contribution in [0.15, 0.2) is 30.3 Å². The third kappa shape index (κ3) is 3.67. The summed E-state index contributed by atoms with van der Waals surface area (Å²) in [5.41, 5.74) is 0.910. The van der Waals surface area contributed by atoms with Crippen molar-refractivity contribution in [3.8, 4) is 0 Å². The van der Waals surface area contributed by atoms with Gasteiger partial charge in [-0.25, -0.2) is 0 Å². The van der Waals surface area contributed by atoms with Crippen molar-refractivity contribution in [2.45, 2.75) is 12.5 Å². The van der Waals surface area contributed by atoms with Gasteiger partial charge in [0, 0.05) is 19.3 Å². The van der Waals surface area contributed by atoms with Crippen LogP contribution in [0.5, 0.6) is 0 Å². The molecule has 1 aromatic heterocycles. The lowest BCUT2D eigenvalue weighted by atomic mass is 10.2. The highest BCUT2D eigenvalue weighted by Crippen LogP contribution is 2.30. The highest BCUT2D eigenvalue weighted by atomic mass is 35.5. The average molecular weight is 380 g/mol. The number of carbonyl (C=O) groups excluding carboxylic acids is 2. The zero-order chi connectivity index (χ0) is 18.0. The van der Waals surface area contributed by atoms with Crippen LogP contribution in [0.2, 0.25) is 10.0 Å². The molecule has 1 unspecified atom stereocenters. The van der Waals surface area contributed by atoms with Gasteiger partial charge in [0.05, 0.1) is 10.0 Å². The molecule has 0 aliphatic carbocycles. The number of nitrogens with one attached hydrogen (secondary N) is 2. The number of carbonyl (C=O) groups is 2. The summed E-state index contributed by atoms with van der Waals surface area (Å²) >= 11 is 11.9. The smallest absolute Gasteiger partial charge is 0.271 e. The van der Waals surface area contributed by atoms with Gasteiger partial charge in [-0.3, -0.25) is 9.59 Å². The lowest BCUT2D eigenvalue weighted by Gasteiger charge is -2.18. The Hall–Kier alpha value is -2.38. The van der Waals surface area contributed by atoms with Crippen LogP contribution in [0.3, 0.4) is 0 Å². The minimum Gasteiger partial charge on any atom is -0.357 e. The van der Waals surface area contributed by atoms with Gasteiger partial charge < -0.3 is 15.5 Å². The summed E-state index contributed by atoms with van der Waals surface area (Å²) in [4.78, 5) is 25.7. The van der Waals surface area contributed by atoms with E-state index < -0.39 is 6.04 Å². The van der Waals surface area contributed by atoms with Gasteiger partial charge in [0.25, 0.3) is 5.91 Å². The fraction of sp³-hybridized carbons (Fsp3) is 0.250. The van der Waals surface area contributed by atoms with E-state index in [9.17, 15) is 9.59 Å². The van der Waals surface area contributed by atoms with E-state index in [4.69, 9.17) is 23.2 Å². The predicted octanol–water partition coefficient (Wildman–Crippen LogP) is 2.36. The third-order valence-corrected chi connectivity index (χ3v) is 4.61. The lowest BCUT2D eigenvalue weighted by Crippen LogP contribution is -2.33. The number of benzene rings is 1. The van der Waals surface area contributed by atoms with Gasteiger partial charge in [-0.1, -0.05) is 23.2 Å². The Bertz CT molecular complexity index is 813. The van der Waals surface area contributed by atoms with Crippen LogP contribution in [0.1, 0.15) is 16.9 Å². The second kappa shape index (κ2) is 7.25. The van der Waals surface area contributed by atoms with E-state index in [-0.39, 0.29) is 17.5 Å². The van der Waals surface area contributed by atoms with Gasteiger partial charge in [0.2, 0.25) is 5.91 Å². The first-order chi connectivity index (χ1) is 12.0. The van der Waals surface area contributed by atoms with Crippen molar-refractivity contribution in [2.24, 2.45) is 0 Å². The molecule has 9 heteroatoms. The molecule has 1 aliphatic heterocycles. The molecule has 2 N–H and O–H groups in total. The Morgan fingerprint density at radius 1 is 1.20 bits per heavy atom. The first kappa shape index (κ1) is 17.4. The van der Waals surface area contributed by atoms with Crippen LogP contribution in [0.4, 0.5) is 11.5 Å². The number of amides is 2. The minimum absolute atomic E-state index is 0.0874. The Kier molecular flexibility index (Phi) is 5.06. The number of rotatable bonds is 4. The molecule has 1 atom stereocenters. The van der Waals surface area contributed by atoms with E-state index >= 15 is 0 Å². The zero-order valence-corrected chi connectivity index (χ0v) is 14.8. The molecule has 2 aromatic rings. The molecule has 1 saturated heterocycles. The zero-order valence-electron chi connectivity index (χ0n) is 13.3. The Balaban J connectivity index is 1.69. The molecular formula is C16H15Cl2N5O2. The Morgan fingerprint density at radius 2 is 2.00 bits per heavy atom. The topological polar surface area (TPSA) is 87.2 Å². The van der Waals surface area contributed by atoms with E-state index in [1.165, 1.54) is 7.05 Å². The molecule has 25 heavy (non-hydrogen) atoms. The van der Waals surface area contributed by atoms with Crippen LogP contribution < -0.4 is 15.5 Å². The molecule has 1 aliphatic rings. The molecule has 0 saturated carbocycles. The SMILES string of the molecule is CNC(=O)c1ccc(NC2CCN(c3ccc(Cl)c(Cl)c3)C2=O)nn1. The normalized spacial score (nSPS) is 16.8. The largest absolute Gasteiger partial charge is 0.357 e. The minimum atomic E-state index is -0.422. The van der Waals surface area contributed by atoms with Gasteiger partial charge in [0.1, 0.15) is 11.9 Å². The number of halogens is 2. The molecule has 1 aromatic carbocycles. The summed E-state index contributed by atoms with van der Waals surface area (Å²) in [5, 5.41) is 14.1. The highest BCUT2D eigenvalue weighted by molar-refractivity contribution is 6.42. The molecule has 130 valence electrons. The molecular weight excluding hydrogens is 365 g/mol. The lowest BCUT2D eigenvalue weighted by molar-refractivity contribution is -0.117. The molecule has 2 amide bonds. The second-order valence-corrected chi connectivity index (χ2v) is 6.27. The second-order valence-electron chi connectivity index (χ2n) is 5.46. The van der Waals surface area contributed by atoms with Crippen LogP contribution in [0.25, 0.3) is 0 Å². The number of hydrogen-bond donors (Lipinski definition) is 2. The van der Waals surface area contributed by atoms with Crippen molar-refractivity contribution in [1.82, 2.24) is 15.5 Å². The van der Waals surface area contributed by atoms with Gasteiger partial charge in [-0.15, -0.1) is 10.2 Å². The van der Waals surface area contributed by atoms with Crippen molar-refractivity contribution in [2.75, 3.05) is 23.8 Å². The van der Waals surface area contributed by atoms with E-state index in [2.05, 4.69) is 20.8 Å². The fourth-order valence-corrected chi connectivity index (χ4v) is 2.85. The molecule has 2 heterocycles. The van der Waals surface area contributed by atoms with E-state index in [0.717, 1.165) is 0 Å². The number of aromatic nitrogens is 2. The van der Waals surface area contributed by atoms with Crippen molar-refractivity contribution >= 4 is 46.5 Å². The molecule has 7 nitrogen and oxygen atoms in total. The fourth-order valence-electron chi connectivity index (χ4n) is 2.56. The summed E-state index contributed by atoms with van der Waals surface area (Å²) in [6.07, 6.45) is 0.609. The monoisotopic (exact) mass is 379 g/mol.